The SMILES string of the molecule is NC(=O)C[C@@H](C(=O)[O-])N1C(=O)c2ccccc2C1=O. The average molecular weight is 261 g/mol. The van der Waals surface area contributed by atoms with Gasteiger partial charge in [-0.05, 0) is 12.1 Å². The maximum atomic E-state index is 12.0. The Morgan fingerprint density at radius 2 is 1.63 bits per heavy atom. The lowest BCUT2D eigenvalue weighted by Gasteiger charge is -2.25. The van der Waals surface area contributed by atoms with Crippen LogP contribution in [0.3, 0.4) is 0 Å². The molecule has 0 radical (unpaired) electrons. The van der Waals surface area contributed by atoms with Gasteiger partial charge in [-0.3, -0.25) is 19.3 Å². The molecule has 0 saturated heterocycles. The summed E-state index contributed by atoms with van der Waals surface area (Å²) in [5.41, 5.74) is 5.12. The molecular formula is C12H9N2O5-. The van der Waals surface area contributed by atoms with Gasteiger partial charge in [0.05, 0.1) is 29.6 Å². The molecule has 1 aromatic carbocycles. The summed E-state index contributed by atoms with van der Waals surface area (Å²) in [5, 5.41) is 11.0. The standard InChI is InChI=1S/C12H10N2O5/c13-9(15)5-8(12(18)19)14-10(16)6-3-1-2-4-7(6)11(14)17/h1-4,8H,5H2,(H2,13,15)(H,18,19)/p-1/t8-/m0/s1. The maximum Gasteiger partial charge on any atom is 0.262 e. The number of nitrogens with zero attached hydrogens (tertiary/aromatic N) is 1. The molecule has 0 bridgehead atoms. The number of amides is 3. The second-order valence-corrected chi connectivity index (χ2v) is 4.03. The van der Waals surface area contributed by atoms with Crippen LogP contribution < -0.4 is 10.8 Å². The van der Waals surface area contributed by atoms with Crippen molar-refractivity contribution < 1.29 is 24.3 Å². The van der Waals surface area contributed by atoms with E-state index in [1.54, 1.807) is 12.1 Å². The fraction of sp³-hybridized carbons (Fsp3) is 0.167. The van der Waals surface area contributed by atoms with Crippen molar-refractivity contribution in [3.8, 4) is 0 Å². The molecule has 1 aliphatic heterocycles. The number of nitrogens with two attached hydrogens (primary N) is 1. The fourth-order valence-electron chi connectivity index (χ4n) is 1.96. The second kappa shape index (κ2) is 4.52. The van der Waals surface area contributed by atoms with Crippen LogP contribution in [0.25, 0.3) is 0 Å². The molecule has 0 saturated carbocycles. The van der Waals surface area contributed by atoms with Gasteiger partial charge in [0.15, 0.2) is 0 Å². The van der Waals surface area contributed by atoms with Crippen LogP contribution in [0.1, 0.15) is 27.1 Å². The summed E-state index contributed by atoms with van der Waals surface area (Å²) < 4.78 is 0. The Kier molecular flexibility index (Phi) is 3.04. The Labute approximate surface area is 107 Å². The van der Waals surface area contributed by atoms with E-state index in [-0.39, 0.29) is 11.1 Å². The van der Waals surface area contributed by atoms with Crippen molar-refractivity contribution in [3.63, 3.8) is 0 Å². The second-order valence-electron chi connectivity index (χ2n) is 4.03. The molecule has 3 amide bonds. The van der Waals surface area contributed by atoms with Gasteiger partial charge in [-0.25, -0.2) is 0 Å². The van der Waals surface area contributed by atoms with E-state index in [1.165, 1.54) is 12.1 Å². The summed E-state index contributed by atoms with van der Waals surface area (Å²) in [6, 6.07) is 4.23. The monoisotopic (exact) mass is 261 g/mol. The normalized spacial score (nSPS) is 15.3. The van der Waals surface area contributed by atoms with Gasteiger partial charge < -0.3 is 15.6 Å². The molecule has 0 fully saturated rings. The average Bonchev–Trinajstić information content (AvgIpc) is 2.60. The van der Waals surface area contributed by atoms with Crippen molar-refractivity contribution in [1.29, 1.82) is 0 Å². The number of benzene rings is 1. The first-order valence-corrected chi connectivity index (χ1v) is 5.39. The number of hydrogen-bond donors (Lipinski definition) is 1. The number of aliphatic carboxylic acids is 1. The Morgan fingerprint density at radius 3 is 2.00 bits per heavy atom. The minimum atomic E-state index is -1.70. The first-order chi connectivity index (χ1) is 8.93. The first-order valence-electron chi connectivity index (χ1n) is 5.39. The van der Waals surface area contributed by atoms with Crippen molar-refractivity contribution in [3.05, 3.63) is 35.4 Å². The van der Waals surface area contributed by atoms with Gasteiger partial charge in [-0.15, -0.1) is 0 Å². The minimum Gasteiger partial charge on any atom is -0.548 e. The van der Waals surface area contributed by atoms with Crippen LogP contribution in [-0.2, 0) is 9.59 Å². The molecule has 1 atom stereocenters. The van der Waals surface area contributed by atoms with Crippen molar-refractivity contribution in [2.24, 2.45) is 5.73 Å². The van der Waals surface area contributed by atoms with E-state index in [9.17, 15) is 24.3 Å². The van der Waals surface area contributed by atoms with Crippen LogP contribution in [0, 0.1) is 0 Å². The van der Waals surface area contributed by atoms with E-state index in [0.29, 0.717) is 4.90 Å². The third-order valence-corrected chi connectivity index (χ3v) is 2.80. The topological polar surface area (TPSA) is 121 Å². The predicted molar refractivity (Wildman–Crippen MR) is 59.5 cm³/mol. The van der Waals surface area contributed by atoms with Crippen molar-refractivity contribution in [1.82, 2.24) is 4.90 Å². The van der Waals surface area contributed by atoms with Crippen LogP contribution in [-0.4, -0.2) is 34.6 Å². The van der Waals surface area contributed by atoms with E-state index >= 15 is 0 Å². The summed E-state index contributed by atoms with van der Waals surface area (Å²) in [7, 11) is 0. The van der Waals surface area contributed by atoms with Gasteiger partial charge in [0.2, 0.25) is 5.91 Å². The molecule has 0 unspecified atom stereocenters. The molecule has 1 heterocycles. The summed E-state index contributed by atoms with van der Waals surface area (Å²) in [6.45, 7) is 0. The highest BCUT2D eigenvalue weighted by atomic mass is 16.4. The fourth-order valence-corrected chi connectivity index (χ4v) is 1.96. The number of carbonyl (C=O) groups is 4. The lowest BCUT2D eigenvalue weighted by atomic mass is 10.1. The van der Waals surface area contributed by atoms with Crippen molar-refractivity contribution in [2.75, 3.05) is 0 Å². The quantitative estimate of drug-likeness (QED) is 0.646. The van der Waals surface area contributed by atoms with Crippen LogP contribution >= 0.6 is 0 Å². The molecule has 0 aromatic heterocycles. The Balaban J connectivity index is 2.42. The van der Waals surface area contributed by atoms with Crippen LogP contribution in [0.5, 0.6) is 0 Å². The van der Waals surface area contributed by atoms with Crippen LogP contribution in [0.2, 0.25) is 0 Å². The number of fused-ring (bicyclic) bond motifs is 1. The zero-order valence-electron chi connectivity index (χ0n) is 9.66. The van der Waals surface area contributed by atoms with E-state index < -0.39 is 36.2 Å². The van der Waals surface area contributed by atoms with Gasteiger partial charge in [-0.2, -0.15) is 0 Å². The van der Waals surface area contributed by atoms with E-state index in [4.69, 9.17) is 5.73 Å². The number of imide groups is 1. The van der Waals surface area contributed by atoms with Gasteiger partial charge in [-0.1, -0.05) is 12.1 Å². The zero-order chi connectivity index (χ0) is 14.2. The number of hydrogen-bond acceptors (Lipinski definition) is 5. The highest BCUT2D eigenvalue weighted by Gasteiger charge is 2.40. The largest absolute Gasteiger partial charge is 0.548 e. The third kappa shape index (κ3) is 2.05. The number of primary amides is 1. The van der Waals surface area contributed by atoms with Crippen molar-refractivity contribution >= 4 is 23.7 Å². The summed E-state index contributed by atoms with van der Waals surface area (Å²) in [4.78, 5) is 46.3. The van der Waals surface area contributed by atoms with Crippen molar-refractivity contribution in [2.45, 2.75) is 12.5 Å². The molecule has 0 spiro atoms. The Morgan fingerprint density at radius 1 is 1.16 bits per heavy atom. The molecule has 1 aliphatic rings. The zero-order valence-corrected chi connectivity index (χ0v) is 9.66. The molecule has 7 heteroatoms. The van der Waals surface area contributed by atoms with Gasteiger partial charge in [0.25, 0.3) is 11.8 Å². The highest BCUT2D eigenvalue weighted by molar-refractivity contribution is 6.22. The maximum absolute atomic E-state index is 12.0. The molecule has 1 aromatic rings. The first kappa shape index (κ1) is 12.7. The smallest absolute Gasteiger partial charge is 0.262 e. The molecule has 7 nitrogen and oxygen atoms in total. The third-order valence-electron chi connectivity index (χ3n) is 2.80. The number of carboxylic acids is 1. The molecule has 2 rings (SSSR count). The summed E-state index contributed by atoms with van der Waals surface area (Å²) >= 11 is 0. The molecule has 98 valence electrons. The van der Waals surface area contributed by atoms with E-state index in [0.717, 1.165) is 0 Å². The Hall–Kier alpha value is -2.70. The van der Waals surface area contributed by atoms with Crippen LogP contribution in [0.4, 0.5) is 0 Å². The number of carbonyl (C=O) groups excluding carboxylic acids is 4. The summed E-state index contributed by atoms with van der Waals surface area (Å²) in [6.07, 6.45) is -0.673. The Bertz CT molecular complexity index is 561. The lowest BCUT2D eigenvalue weighted by Crippen LogP contribution is -2.52. The predicted octanol–water partition coefficient (Wildman–Crippen LogP) is -1.72. The molecule has 0 aliphatic carbocycles. The molecule has 2 N–H and O–H groups in total. The molecular weight excluding hydrogens is 252 g/mol. The van der Waals surface area contributed by atoms with E-state index in [1.807, 2.05) is 0 Å². The summed E-state index contributed by atoms with van der Waals surface area (Å²) in [5.74, 6) is -4.17. The highest BCUT2D eigenvalue weighted by Crippen LogP contribution is 2.25. The number of rotatable bonds is 4. The van der Waals surface area contributed by atoms with Gasteiger partial charge >= 0.3 is 0 Å². The molecule has 19 heavy (non-hydrogen) atoms. The van der Waals surface area contributed by atoms with Gasteiger partial charge in [0.1, 0.15) is 0 Å². The lowest BCUT2D eigenvalue weighted by molar-refractivity contribution is -0.310. The van der Waals surface area contributed by atoms with Crippen LogP contribution in [0.15, 0.2) is 24.3 Å². The number of carboxylic acid groups (broad SMARTS) is 1. The van der Waals surface area contributed by atoms with Gasteiger partial charge in [0, 0.05) is 0 Å². The minimum absolute atomic E-state index is 0.100. The van der Waals surface area contributed by atoms with E-state index in [2.05, 4.69) is 0 Å².